The van der Waals surface area contributed by atoms with E-state index >= 15 is 0 Å². The number of nitrogens with zero attached hydrogens (tertiary/aromatic N) is 3. The molecule has 6 heteroatoms. The van der Waals surface area contributed by atoms with E-state index in [9.17, 15) is 9.59 Å². The SMILES string of the molecule is Cc1cc(CN2C(=O)CN(C3CC3)C2=O)no1. The molecule has 1 saturated heterocycles. The van der Waals surface area contributed by atoms with Crippen molar-refractivity contribution in [1.82, 2.24) is 15.0 Å². The molecule has 0 unspecified atom stereocenters. The summed E-state index contributed by atoms with van der Waals surface area (Å²) < 4.78 is 4.92. The molecule has 0 N–H and O–H groups in total. The Balaban J connectivity index is 1.74. The molecule has 0 radical (unpaired) electrons. The minimum atomic E-state index is -0.196. The third kappa shape index (κ3) is 1.79. The summed E-state index contributed by atoms with van der Waals surface area (Å²) in [6.07, 6.45) is 2.02. The molecule has 1 aliphatic carbocycles. The summed E-state index contributed by atoms with van der Waals surface area (Å²) in [7, 11) is 0. The van der Waals surface area contributed by atoms with Crippen LogP contribution in [0.5, 0.6) is 0 Å². The molecule has 1 aromatic rings. The monoisotopic (exact) mass is 235 g/mol. The number of urea groups is 1. The fraction of sp³-hybridized carbons (Fsp3) is 0.545. The van der Waals surface area contributed by atoms with Crippen molar-refractivity contribution >= 4 is 11.9 Å². The molecular formula is C11H13N3O3. The van der Waals surface area contributed by atoms with Crippen molar-refractivity contribution in [2.45, 2.75) is 32.4 Å². The summed E-state index contributed by atoms with van der Waals surface area (Å²) in [5.74, 6) is 0.528. The normalized spacial score (nSPS) is 20.5. The lowest BCUT2D eigenvalue weighted by Crippen LogP contribution is -2.33. The van der Waals surface area contributed by atoms with Crippen molar-refractivity contribution in [2.75, 3.05) is 6.54 Å². The Morgan fingerprint density at radius 3 is 2.82 bits per heavy atom. The number of hydrogen-bond donors (Lipinski definition) is 0. The average Bonchev–Trinajstić information content (AvgIpc) is 3.00. The van der Waals surface area contributed by atoms with Gasteiger partial charge in [0.2, 0.25) is 0 Å². The molecule has 2 heterocycles. The molecular weight excluding hydrogens is 222 g/mol. The molecule has 1 aliphatic heterocycles. The zero-order valence-corrected chi connectivity index (χ0v) is 9.55. The van der Waals surface area contributed by atoms with Crippen molar-refractivity contribution in [1.29, 1.82) is 0 Å². The molecule has 2 fully saturated rings. The van der Waals surface area contributed by atoms with Crippen LogP contribution in [0.4, 0.5) is 4.79 Å². The fourth-order valence-electron chi connectivity index (χ4n) is 2.04. The van der Waals surface area contributed by atoms with Gasteiger partial charge in [-0.1, -0.05) is 5.16 Å². The highest BCUT2D eigenvalue weighted by Gasteiger charge is 2.43. The van der Waals surface area contributed by atoms with Gasteiger partial charge in [-0.3, -0.25) is 9.69 Å². The Morgan fingerprint density at radius 2 is 2.24 bits per heavy atom. The van der Waals surface area contributed by atoms with Gasteiger partial charge in [0.15, 0.2) is 0 Å². The predicted molar refractivity (Wildman–Crippen MR) is 56.9 cm³/mol. The first kappa shape index (κ1) is 10.3. The van der Waals surface area contributed by atoms with Crippen LogP contribution in [0.15, 0.2) is 10.6 Å². The summed E-state index contributed by atoms with van der Waals surface area (Å²) in [6, 6.07) is 1.81. The lowest BCUT2D eigenvalue weighted by Gasteiger charge is -2.15. The van der Waals surface area contributed by atoms with E-state index in [0.717, 1.165) is 12.8 Å². The molecule has 0 aromatic carbocycles. The van der Waals surface area contributed by atoms with E-state index in [2.05, 4.69) is 5.16 Å². The van der Waals surface area contributed by atoms with Gasteiger partial charge in [-0.25, -0.2) is 4.79 Å². The minimum absolute atomic E-state index is 0.150. The quantitative estimate of drug-likeness (QED) is 0.730. The first-order chi connectivity index (χ1) is 8.15. The molecule has 1 saturated carbocycles. The molecule has 0 bridgehead atoms. The van der Waals surface area contributed by atoms with Crippen LogP contribution in [0.3, 0.4) is 0 Å². The Bertz CT molecular complexity index is 478. The second kappa shape index (κ2) is 3.58. The van der Waals surface area contributed by atoms with E-state index in [0.29, 0.717) is 11.5 Å². The molecule has 0 spiro atoms. The second-order valence-corrected chi connectivity index (χ2v) is 4.55. The molecule has 1 aromatic heterocycles. The van der Waals surface area contributed by atoms with Gasteiger partial charge in [0, 0.05) is 12.1 Å². The Labute approximate surface area is 98.1 Å². The van der Waals surface area contributed by atoms with Crippen molar-refractivity contribution < 1.29 is 14.1 Å². The van der Waals surface area contributed by atoms with Crippen LogP contribution in [0, 0.1) is 6.92 Å². The number of amides is 3. The van der Waals surface area contributed by atoms with Crippen LogP contribution >= 0.6 is 0 Å². The van der Waals surface area contributed by atoms with E-state index in [1.165, 1.54) is 4.90 Å². The summed E-state index contributed by atoms with van der Waals surface area (Å²) in [4.78, 5) is 26.6. The topological polar surface area (TPSA) is 66.7 Å². The standard InChI is InChI=1S/C11H13N3O3/c1-7-4-8(12-17-7)5-14-10(15)6-13(11(14)16)9-2-3-9/h4,9H,2-3,5-6H2,1H3. The minimum Gasteiger partial charge on any atom is -0.361 e. The third-order valence-electron chi connectivity index (χ3n) is 3.07. The maximum absolute atomic E-state index is 12.0. The Kier molecular flexibility index (Phi) is 2.17. The van der Waals surface area contributed by atoms with E-state index in [1.807, 2.05) is 0 Å². The van der Waals surface area contributed by atoms with Crippen LogP contribution in [-0.4, -0.2) is 39.5 Å². The van der Waals surface area contributed by atoms with Crippen LogP contribution in [0.1, 0.15) is 24.3 Å². The highest BCUT2D eigenvalue weighted by atomic mass is 16.5. The number of carbonyl (C=O) groups is 2. The van der Waals surface area contributed by atoms with Gasteiger partial charge in [-0.15, -0.1) is 0 Å². The number of carbonyl (C=O) groups excluding carboxylic acids is 2. The predicted octanol–water partition coefficient (Wildman–Crippen LogP) is 0.910. The lowest BCUT2D eigenvalue weighted by atomic mass is 10.3. The highest BCUT2D eigenvalue weighted by Crippen LogP contribution is 2.30. The van der Waals surface area contributed by atoms with Crippen LogP contribution in [0.2, 0.25) is 0 Å². The van der Waals surface area contributed by atoms with E-state index in [1.54, 1.807) is 17.9 Å². The first-order valence-electron chi connectivity index (χ1n) is 5.68. The second-order valence-electron chi connectivity index (χ2n) is 4.55. The Hall–Kier alpha value is -1.85. The van der Waals surface area contributed by atoms with Gasteiger partial charge >= 0.3 is 6.03 Å². The number of rotatable bonds is 3. The van der Waals surface area contributed by atoms with Crippen LogP contribution < -0.4 is 0 Å². The van der Waals surface area contributed by atoms with Crippen LogP contribution in [-0.2, 0) is 11.3 Å². The largest absolute Gasteiger partial charge is 0.361 e. The van der Waals surface area contributed by atoms with E-state index in [-0.39, 0.29) is 31.1 Å². The molecule has 2 aliphatic rings. The smallest absolute Gasteiger partial charge is 0.327 e. The number of imide groups is 1. The summed E-state index contributed by atoms with van der Waals surface area (Å²) in [6.45, 7) is 2.19. The highest BCUT2D eigenvalue weighted by molar-refractivity contribution is 6.02. The van der Waals surface area contributed by atoms with Crippen molar-refractivity contribution in [2.24, 2.45) is 0 Å². The van der Waals surface area contributed by atoms with Gasteiger partial charge in [-0.2, -0.15) is 0 Å². The number of hydrogen-bond acceptors (Lipinski definition) is 4. The van der Waals surface area contributed by atoms with Gasteiger partial charge in [0.25, 0.3) is 5.91 Å². The molecule has 3 amide bonds. The molecule has 3 rings (SSSR count). The van der Waals surface area contributed by atoms with Gasteiger partial charge in [0.05, 0.1) is 6.54 Å². The third-order valence-corrected chi connectivity index (χ3v) is 3.07. The summed E-state index contributed by atoms with van der Waals surface area (Å²) >= 11 is 0. The number of aromatic nitrogens is 1. The van der Waals surface area contributed by atoms with Crippen molar-refractivity contribution in [3.63, 3.8) is 0 Å². The molecule has 17 heavy (non-hydrogen) atoms. The summed E-state index contributed by atoms with van der Waals surface area (Å²) in [5.41, 5.74) is 0.613. The zero-order valence-electron chi connectivity index (χ0n) is 9.55. The van der Waals surface area contributed by atoms with E-state index in [4.69, 9.17) is 4.52 Å². The van der Waals surface area contributed by atoms with Crippen molar-refractivity contribution in [3.8, 4) is 0 Å². The maximum atomic E-state index is 12.0. The molecule has 6 nitrogen and oxygen atoms in total. The average molecular weight is 235 g/mol. The van der Waals surface area contributed by atoms with Gasteiger partial charge in [-0.05, 0) is 19.8 Å². The fourth-order valence-corrected chi connectivity index (χ4v) is 2.04. The van der Waals surface area contributed by atoms with Gasteiger partial charge in [0.1, 0.15) is 18.0 Å². The van der Waals surface area contributed by atoms with Gasteiger partial charge < -0.3 is 9.42 Å². The lowest BCUT2D eigenvalue weighted by molar-refractivity contribution is -0.125. The number of aryl methyl sites for hydroxylation is 1. The Morgan fingerprint density at radius 1 is 1.47 bits per heavy atom. The molecule has 0 atom stereocenters. The van der Waals surface area contributed by atoms with Crippen LogP contribution in [0.25, 0.3) is 0 Å². The first-order valence-corrected chi connectivity index (χ1v) is 5.68. The summed E-state index contributed by atoms with van der Waals surface area (Å²) in [5, 5.41) is 3.79. The van der Waals surface area contributed by atoms with E-state index < -0.39 is 0 Å². The molecule has 90 valence electrons. The van der Waals surface area contributed by atoms with Crippen molar-refractivity contribution in [3.05, 3.63) is 17.5 Å². The maximum Gasteiger partial charge on any atom is 0.327 e. The zero-order chi connectivity index (χ0) is 12.0.